The Labute approximate surface area is 323 Å². The summed E-state index contributed by atoms with van der Waals surface area (Å²) >= 11 is 12.5. The summed E-state index contributed by atoms with van der Waals surface area (Å²) in [6, 6.07) is 0. The molecular formula is C42H69BrClIO3. The van der Waals surface area contributed by atoms with E-state index in [-0.39, 0.29) is 33.2 Å². The Morgan fingerprint density at radius 1 is 0.646 bits per heavy atom. The fourth-order valence-electron chi connectivity index (χ4n) is 8.13. The minimum Gasteiger partial charge on any atom is -0.300 e. The van der Waals surface area contributed by atoms with Crippen LogP contribution in [0.25, 0.3) is 0 Å². The molecule has 3 saturated carbocycles. The van der Waals surface area contributed by atoms with Gasteiger partial charge in [0, 0.05) is 28.0 Å². The Morgan fingerprint density at radius 2 is 0.958 bits per heavy atom. The number of Topliss-reactive ketones (excluding diaryl/α,β-unsaturated/α-hetero) is 3. The number of hydrogen-bond acceptors (Lipinski definition) is 3. The molecule has 3 nitrogen and oxygen atoms in total. The molecule has 3 fully saturated rings. The highest BCUT2D eigenvalue weighted by atomic mass is 127. The van der Waals surface area contributed by atoms with Gasteiger partial charge in [-0.1, -0.05) is 137 Å². The van der Waals surface area contributed by atoms with Crippen LogP contribution in [-0.2, 0) is 14.4 Å². The monoisotopic (exact) mass is 862 g/mol. The van der Waals surface area contributed by atoms with Gasteiger partial charge in [-0.15, -0.1) is 11.6 Å². The molecule has 48 heavy (non-hydrogen) atoms. The van der Waals surface area contributed by atoms with Crippen LogP contribution in [0.4, 0.5) is 0 Å². The number of allylic oxidation sites excluding steroid dienone is 3. The van der Waals surface area contributed by atoms with E-state index >= 15 is 0 Å². The molecule has 276 valence electrons. The highest BCUT2D eigenvalue weighted by Gasteiger charge is 2.45. The van der Waals surface area contributed by atoms with Crippen molar-refractivity contribution < 1.29 is 14.4 Å². The fourth-order valence-corrected chi connectivity index (χ4v) is 10.6. The molecule has 6 heteroatoms. The van der Waals surface area contributed by atoms with E-state index in [4.69, 9.17) is 11.6 Å². The van der Waals surface area contributed by atoms with Gasteiger partial charge in [0.15, 0.2) is 0 Å². The topological polar surface area (TPSA) is 51.2 Å². The van der Waals surface area contributed by atoms with Crippen molar-refractivity contribution in [3.8, 4) is 0 Å². The Hall–Kier alpha value is -0.270. The lowest BCUT2D eigenvalue weighted by atomic mass is 9.60. The average Bonchev–Trinajstić information content (AvgIpc) is 2.94. The van der Waals surface area contributed by atoms with Crippen LogP contribution in [-0.4, -0.2) is 31.5 Å². The lowest BCUT2D eigenvalue weighted by Gasteiger charge is -2.47. The molecule has 0 aromatic heterocycles. The van der Waals surface area contributed by atoms with E-state index < -0.39 is 0 Å². The average molecular weight is 864 g/mol. The summed E-state index contributed by atoms with van der Waals surface area (Å²) in [6.45, 7) is 38.4. The molecule has 9 atom stereocenters. The second-order valence-corrected chi connectivity index (χ2v) is 20.5. The van der Waals surface area contributed by atoms with Crippen LogP contribution in [0.3, 0.4) is 0 Å². The first-order valence-electron chi connectivity index (χ1n) is 18.3. The van der Waals surface area contributed by atoms with E-state index in [1.54, 1.807) is 20.8 Å². The van der Waals surface area contributed by atoms with Crippen molar-refractivity contribution in [2.75, 3.05) is 0 Å². The first kappa shape index (κ1) is 45.8. The highest BCUT2D eigenvalue weighted by Crippen LogP contribution is 2.53. The second-order valence-electron chi connectivity index (χ2n) is 17.4. The lowest BCUT2D eigenvalue weighted by Crippen LogP contribution is -2.40. The Morgan fingerprint density at radius 3 is 1.33 bits per heavy atom. The van der Waals surface area contributed by atoms with Crippen molar-refractivity contribution in [2.24, 2.45) is 51.8 Å². The molecule has 0 radical (unpaired) electrons. The summed E-state index contributed by atoms with van der Waals surface area (Å²) in [6.07, 6.45) is 8.23. The van der Waals surface area contributed by atoms with Crippen molar-refractivity contribution in [1.29, 1.82) is 0 Å². The molecule has 0 aromatic carbocycles. The third-order valence-corrected chi connectivity index (χ3v) is 15.8. The molecule has 0 spiro atoms. The Balaban J connectivity index is 0.000000360. The third-order valence-electron chi connectivity index (χ3n) is 13.1. The van der Waals surface area contributed by atoms with Crippen molar-refractivity contribution in [2.45, 2.75) is 155 Å². The van der Waals surface area contributed by atoms with E-state index in [2.05, 4.69) is 121 Å². The van der Waals surface area contributed by atoms with Crippen LogP contribution in [0.1, 0.15) is 141 Å². The largest absolute Gasteiger partial charge is 0.300 e. The van der Waals surface area contributed by atoms with Gasteiger partial charge in [-0.05, 0) is 111 Å². The van der Waals surface area contributed by atoms with Gasteiger partial charge in [-0.3, -0.25) is 0 Å². The number of ketones is 3. The summed E-state index contributed by atoms with van der Waals surface area (Å²) in [4.78, 5) is 33.8. The van der Waals surface area contributed by atoms with Crippen LogP contribution in [0.2, 0.25) is 0 Å². The SMILES string of the molecule is C=C1C(Br)CC(C)C(C)(C)C1CCC(C)=O.C=C1C(Cl)CC(C)C(C)(C)C1CCC(C)=O.C=C1C(I)CC(C)C(C)(C)C1CCC(C)=O. The summed E-state index contributed by atoms with van der Waals surface area (Å²) in [5, 5.41) is 0.0833. The third kappa shape index (κ3) is 12.2. The minimum absolute atomic E-state index is 0.0833. The number of rotatable bonds is 9. The number of hydrogen-bond donors (Lipinski definition) is 0. The molecule has 9 unspecified atom stereocenters. The van der Waals surface area contributed by atoms with Crippen molar-refractivity contribution in [3.05, 3.63) is 36.5 Å². The first-order chi connectivity index (χ1) is 21.8. The van der Waals surface area contributed by atoms with Gasteiger partial charge >= 0.3 is 0 Å². The van der Waals surface area contributed by atoms with Crippen LogP contribution in [0.5, 0.6) is 0 Å². The predicted octanol–water partition coefficient (Wildman–Crippen LogP) is 13.0. The van der Waals surface area contributed by atoms with Crippen molar-refractivity contribution in [3.63, 3.8) is 0 Å². The molecule has 3 aliphatic rings. The minimum atomic E-state index is 0.0833. The first-order valence-corrected chi connectivity index (χ1v) is 20.9. The van der Waals surface area contributed by atoms with E-state index in [0.29, 0.717) is 69.3 Å². The number of alkyl halides is 3. The number of halogens is 3. The Kier molecular flexibility index (Phi) is 18.1. The zero-order valence-corrected chi connectivity index (χ0v) is 37.0. The van der Waals surface area contributed by atoms with Crippen LogP contribution in [0.15, 0.2) is 36.5 Å². The smallest absolute Gasteiger partial charge is 0.129 e. The Bertz CT molecular complexity index is 1030. The van der Waals surface area contributed by atoms with Gasteiger partial charge in [-0.2, -0.15) is 0 Å². The van der Waals surface area contributed by atoms with E-state index in [0.717, 1.165) is 37.7 Å². The zero-order valence-electron chi connectivity index (χ0n) is 32.5. The molecule has 0 N–H and O–H groups in total. The van der Waals surface area contributed by atoms with Crippen LogP contribution < -0.4 is 0 Å². The molecule has 0 amide bonds. The summed E-state index contributed by atoms with van der Waals surface area (Å²) in [5.41, 5.74) is 4.52. The van der Waals surface area contributed by atoms with E-state index in [1.165, 1.54) is 17.6 Å². The van der Waals surface area contributed by atoms with E-state index in [1.807, 2.05) is 0 Å². The summed E-state index contributed by atoms with van der Waals surface area (Å²) in [5.74, 6) is 4.13. The maximum absolute atomic E-state index is 11.1. The number of carbonyl (C=O) groups excluding carboxylic acids is 3. The van der Waals surface area contributed by atoms with Gasteiger partial charge in [0.2, 0.25) is 0 Å². The van der Waals surface area contributed by atoms with Crippen LogP contribution >= 0.6 is 50.1 Å². The standard InChI is InChI=1S/C14H23BrO.C14H23ClO.C14H23IO/c3*1-9-8-13(15)11(3)12(14(9,4)5)7-6-10(2)16/h3*9,12-13H,3,6-8H2,1-2,4-5H3. The summed E-state index contributed by atoms with van der Waals surface area (Å²) < 4.78 is 0.581. The predicted molar refractivity (Wildman–Crippen MR) is 220 cm³/mol. The normalized spacial score (nSPS) is 33.8. The lowest BCUT2D eigenvalue weighted by molar-refractivity contribution is -0.118. The molecule has 3 rings (SSSR count). The van der Waals surface area contributed by atoms with Gasteiger partial charge in [0.25, 0.3) is 0 Å². The maximum Gasteiger partial charge on any atom is 0.129 e. The zero-order chi connectivity index (χ0) is 37.5. The van der Waals surface area contributed by atoms with Gasteiger partial charge in [0.05, 0.1) is 5.38 Å². The number of carbonyl (C=O) groups is 3. The fraction of sp³-hybridized carbons (Fsp3) is 0.786. The van der Waals surface area contributed by atoms with Gasteiger partial charge in [0.1, 0.15) is 17.3 Å². The quantitative estimate of drug-likeness (QED) is 0.132. The molecule has 0 bridgehead atoms. The van der Waals surface area contributed by atoms with Gasteiger partial charge in [-0.25, -0.2) is 0 Å². The van der Waals surface area contributed by atoms with Crippen molar-refractivity contribution >= 4 is 67.5 Å². The second kappa shape index (κ2) is 19.0. The summed E-state index contributed by atoms with van der Waals surface area (Å²) in [7, 11) is 0. The maximum atomic E-state index is 11.1. The molecule has 0 saturated heterocycles. The highest BCUT2D eigenvalue weighted by molar-refractivity contribution is 14.1. The molecular weight excluding hydrogens is 795 g/mol. The van der Waals surface area contributed by atoms with Gasteiger partial charge < -0.3 is 14.4 Å². The molecule has 0 aromatic rings. The van der Waals surface area contributed by atoms with Crippen molar-refractivity contribution in [1.82, 2.24) is 0 Å². The van der Waals surface area contributed by atoms with Crippen LogP contribution in [0, 0.1) is 51.8 Å². The molecule has 3 aliphatic carbocycles. The molecule has 0 aliphatic heterocycles. The van der Waals surface area contributed by atoms with E-state index in [9.17, 15) is 14.4 Å². The molecule has 0 heterocycles.